The molecule has 0 aliphatic heterocycles. The number of halogens is 4. The van der Waals surface area contributed by atoms with Crippen LogP contribution in [0.4, 0.5) is 19.3 Å². The molecule has 37 heavy (non-hydrogen) atoms. The van der Waals surface area contributed by atoms with Gasteiger partial charge in [0.1, 0.15) is 11.6 Å². The molecule has 0 spiro atoms. The summed E-state index contributed by atoms with van der Waals surface area (Å²) < 4.78 is 26.7. The molecule has 1 atom stereocenters. The fourth-order valence-corrected chi connectivity index (χ4v) is 3.89. The van der Waals surface area contributed by atoms with E-state index in [0.717, 1.165) is 17.7 Å². The van der Waals surface area contributed by atoms with Gasteiger partial charge >= 0.3 is 6.03 Å². The molecule has 0 radical (unpaired) electrons. The van der Waals surface area contributed by atoms with Gasteiger partial charge < -0.3 is 20.6 Å². The summed E-state index contributed by atoms with van der Waals surface area (Å²) in [6, 6.07) is 14.1. The molecule has 3 N–H and O–H groups in total. The van der Waals surface area contributed by atoms with E-state index in [1.54, 1.807) is 42.5 Å². The van der Waals surface area contributed by atoms with Gasteiger partial charge in [0.15, 0.2) is 0 Å². The third-order valence-electron chi connectivity index (χ3n) is 5.66. The molecule has 3 rings (SSSR count). The van der Waals surface area contributed by atoms with Gasteiger partial charge in [0.05, 0.1) is 28.3 Å². The number of benzene rings is 3. The first-order valence-electron chi connectivity index (χ1n) is 11.6. The summed E-state index contributed by atoms with van der Waals surface area (Å²) in [7, 11) is 0. The first-order chi connectivity index (χ1) is 17.5. The Morgan fingerprint density at radius 3 is 2.30 bits per heavy atom. The molecule has 0 unspecified atom stereocenters. The average Bonchev–Trinajstić information content (AvgIpc) is 2.84. The number of amides is 3. The number of rotatable bonds is 9. The molecule has 0 fully saturated rings. The van der Waals surface area contributed by atoms with Crippen molar-refractivity contribution in [2.75, 3.05) is 18.4 Å². The second kappa shape index (κ2) is 12.9. The molecule has 3 aromatic rings. The molecule has 0 heterocycles. The smallest absolute Gasteiger partial charge is 0.322 e. The Bertz CT molecular complexity index is 1260. The minimum absolute atomic E-state index is 0.0495. The first kappa shape index (κ1) is 28.4. The summed E-state index contributed by atoms with van der Waals surface area (Å²) in [4.78, 5) is 26.5. The number of carbonyl (C=O) groups is 2. The maximum atomic E-state index is 13.7. The van der Waals surface area contributed by atoms with Crippen LogP contribution in [0.25, 0.3) is 0 Å². The normalized spacial score (nSPS) is 11.8. The number of hydrogen-bond donors (Lipinski definition) is 3. The molecule has 3 aromatic carbocycles. The van der Waals surface area contributed by atoms with E-state index in [1.807, 2.05) is 13.8 Å². The second-order valence-electron chi connectivity index (χ2n) is 8.69. The quantitative estimate of drug-likeness (QED) is 0.296. The number of urea groups is 1. The van der Waals surface area contributed by atoms with E-state index in [-0.39, 0.29) is 30.7 Å². The van der Waals surface area contributed by atoms with Crippen molar-refractivity contribution in [2.45, 2.75) is 32.4 Å². The standard InChI is InChI=1S/C27H27Cl2F2N3O3/c1-16(2)34(15-25(35)18-5-10-22(28)23(29)13-18)27(37)33-20-7-3-17(4-8-20)11-12-32-26(36)21-9-6-19(30)14-24(21)31/h3-10,13-14,16,25,35H,11-12,15H2,1-2H3,(H,32,36)(H,33,37)/t25-/m1/s1. The summed E-state index contributed by atoms with van der Waals surface area (Å²) >= 11 is 12.0. The lowest BCUT2D eigenvalue weighted by Crippen LogP contribution is -2.42. The topological polar surface area (TPSA) is 81.7 Å². The molecule has 0 saturated carbocycles. The van der Waals surface area contributed by atoms with Crippen LogP contribution in [0.15, 0.2) is 60.7 Å². The predicted molar refractivity (Wildman–Crippen MR) is 141 cm³/mol. The van der Waals surface area contributed by atoms with Crippen molar-refractivity contribution in [1.29, 1.82) is 0 Å². The zero-order valence-corrected chi connectivity index (χ0v) is 21.8. The fourth-order valence-electron chi connectivity index (χ4n) is 3.58. The third kappa shape index (κ3) is 7.89. The highest BCUT2D eigenvalue weighted by atomic mass is 35.5. The highest BCUT2D eigenvalue weighted by Crippen LogP contribution is 2.26. The highest BCUT2D eigenvalue weighted by Gasteiger charge is 2.22. The van der Waals surface area contributed by atoms with Gasteiger partial charge in [0.2, 0.25) is 0 Å². The van der Waals surface area contributed by atoms with Gasteiger partial charge in [-0.1, -0.05) is 41.4 Å². The van der Waals surface area contributed by atoms with Crippen LogP contribution in [0.3, 0.4) is 0 Å². The van der Waals surface area contributed by atoms with Gasteiger partial charge in [-0.05, 0) is 67.8 Å². The van der Waals surface area contributed by atoms with Crippen LogP contribution in [-0.4, -0.2) is 41.1 Å². The minimum Gasteiger partial charge on any atom is -0.387 e. The summed E-state index contributed by atoms with van der Waals surface area (Å²) in [6.07, 6.45) is -0.486. The Kier molecular flexibility index (Phi) is 9.86. The zero-order valence-electron chi connectivity index (χ0n) is 20.3. The molecule has 0 aromatic heterocycles. The number of nitrogens with one attached hydrogen (secondary N) is 2. The number of aliphatic hydroxyl groups is 1. The van der Waals surface area contributed by atoms with E-state index < -0.39 is 23.6 Å². The lowest BCUT2D eigenvalue weighted by Gasteiger charge is -2.29. The Morgan fingerprint density at radius 1 is 0.973 bits per heavy atom. The van der Waals surface area contributed by atoms with Crippen LogP contribution >= 0.6 is 23.2 Å². The number of hydrogen-bond acceptors (Lipinski definition) is 3. The lowest BCUT2D eigenvalue weighted by molar-refractivity contribution is 0.0950. The van der Waals surface area contributed by atoms with Crippen LogP contribution < -0.4 is 10.6 Å². The molecular weight excluding hydrogens is 523 g/mol. The molecule has 0 saturated heterocycles. The number of anilines is 1. The third-order valence-corrected chi connectivity index (χ3v) is 6.40. The molecule has 0 aliphatic rings. The Hall–Kier alpha value is -3.20. The maximum Gasteiger partial charge on any atom is 0.322 e. The van der Waals surface area contributed by atoms with E-state index >= 15 is 0 Å². The van der Waals surface area contributed by atoms with Crippen molar-refractivity contribution in [3.05, 3.63) is 99.0 Å². The van der Waals surface area contributed by atoms with Crippen LogP contribution in [0.2, 0.25) is 10.0 Å². The Labute approximate surface area is 224 Å². The first-order valence-corrected chi connectivity index (χ1v) is 12.3. The molecule has 0 aliphatic carbocycles. The monoisotopic (exact) mass is 549 g/mol. The van der Waals surface area contributed by atoms with E-state index in [2.05, 4.69) is 10.6 Å². The van der Waals surface area contributed by atoms with Gasteiger partial charge in [-0.3, -0.25) is 4.79 Å². The van der Waals surface area contributed by atoms with Crippen molar-refractivity contribution in [1.82, 2.24) is 10.2 Å². The lowest BCUT2D eigenvalue weighted by atomic mass is 10.1. The minimum atomic E-state index is -0.955. The van der Waals surface area contributed by atoms with Crippen LogP contribution in [0.5, 0.6) is 0 Å². The van der Waals surface area contributed by atoms with Crippen molar-refractivity contribution in [3.8, 4) is 0 Å². The SMILES string of the molecule is CC(C)N(C[C@@H](O)c1ccc(Cl)c(Cl)c1)C(=O)Nc1ccc(CCNC(=O)c2ccc(F)cc2F)cc1. The molecular formula is C27H27Cl2F2N3O3. The summed E-state index contributed by atoms with van der Waals surface area (Å²) in [5, 5.41) is 16.8. The van der Waals surface area contributed by atoms with Crippen LogP contribution in [0, 0.1) is 11.6 Å². The summed E-state index contributed by atoms with van der Waals surface area (Å²) in [6.45, 7) is 3.98. The van der Waals surface area contributed by atoms with Gasteiger partial charge in [0.25, 0.3) is 5.91 Å². The molecule has 10 heteroatoms. The Morgan fingerprint density at radius 2 is 1.68 bits per heavy atom. The molecule has 196 valence electrons. The number of aliphatic hydroxyl groups excluding tert-OH is 1. The van der Waals surface area contributed by atoms with Crippen molar-refractivity contribution in [2.24, 2.45) is 0 Å². The second-order valence-corrected chi connectivity index (χ2v) is 9.51. The van der Waals surface area contributed by atoms with E-state index in [0.29, 0.717) is 33.8 Å². The van der Waals surface area contributed by atoms with Crippen LogP contribution in [0.1, 0.15) is 41.4 Å². The number of carbonyl (C=O) groups excluding carboxylic acids is 2. The van der Waals surface area contributed by atoms with Gasteiger partial charge in [-0.25, -0.2) is 13.6 Å². The average molecular weight is 550 g/mol. The summed E-state index contributed by atoms with van der Waals surface area (Å²) in [5.41, 5.74) is 1.76. The van der Waals surface area contributed by atoms with Gasteiger partial charge in [0, 0.05) is 24.3 Å². The van der Waals surface area contributed by atoms with E-state index in [4.69, 9.17) is 23.2 Å². The van der Waals surface area contributed by atoms with Gasteiger partial charge in [-0.2, -0.15) is 0 Å². The predicted octanol–water partition coefficient (Wildman–Crippen LogP) is 6.22. The van der Waals surface area contributed by atoms with Crippen molar-refractivity contribution >= 4 is 40.8 Å². The van der Waals surface area contributed by atoms with Crippen molar-refractivity contribution in [3.63, 3.8) is 0 Å². The number of nitrogens with zero attached hydrogens (tertiary/aromatic N) is 1. The molecule has 3 amide bonds. The summed E-state index contributed by atoms with van der Waals surface area (Å²) in [5.74, 6) is -2.30. The van der Waals surface area contributed by atoms with Gasteiger partial charge in [-0.15, -0.1) is 0 Å². The van der Waals surface area contributed by atoms with Crippen molar-refractivity contribution < 1.29 is 23.5 Å². The molecule has 6 nitrogen and oxygen atoms in total. The highest BCUT2D eigenvalue weighted by molar-refractivity contribution is 6.42. The Balaban J connectivity index is 1.53. The molecule has 0 bridgehead atoms. The largest absolute Gasteiger partial charge is 0.387 e. The zero-order chi connectivity index (χ0) is 27.1. The van der Waals surface area contributed by atoms with Crippen LogP contribution in [-0.2, 0) is 6.42 Å². The van der Waals surface area contributed by atoms with E-state index in [1.165, 1.54) is 4.90 Å². The van der Waals surface area contributed by atoms with E-state index in [9.17, 15) is 23.5 Å². The fraction of sp³-hybridized carbons (Fsp3) is 0.259. The maximum absolute atomic E-state index is 13.7.